The summed E-state index contributed by atoms with van der Waals surface area (Å²) in [6.45, 7) is 1.19. The van der Waals surface area contributed by atoms with Crippen LogP contribution in [0.4, 0.5) is 32.3 Å². The summed E-state index contributed by atoms with van der Waals surface area (Å²) in [5.74, 6) is -0.154. The molecule has 0 spiro atoms. The third kappa shape index (κ3) is 5.66. The topological polar surface area (TPSA) is 82.2 Å². The second-order valence-corrected chi connectivity index (χ2v) is 8.17. The zero-order valence-electron chi connectivity index (χ0n) is 18.5. The van der Waals surface area contributed by atoms with Crippen molar-refractivity contribution in [3.63, 3.8) is 0 Å². The number of halogens is 6. The molecule has 0 radical (unpaired) electrons. The number of hydrogen-bond donors (Lipinski definition) is 1. The maximum atomic E-state index is 13.0. The zero-order valence-corrected chi connectivity index (χ0v) is 18.5. The Balaban J connectivity index is 1.41. The van der Waals surface area contributed by atoms with Gasteiger partial charge in [-0.25, -0.2) is 9.97 Å². The van der Waals surface area contributed by atoms with Crippen molar-refractivity contribution in [1.29, 1.82) is 0 Å². The molecule has 7 nitrogen and oxygen atoms in total. The number of alkyl halides is 6. The van der Waals surface area contributed by atoms with Crippen LogP contribution in [0.1, 0.15) is 32.6 Å². The first kappa shape index (κ1) is 25.2. The van der Waals surface area contributed by atoms with Crippen LogP contribution in [0.15, 0.2) is 53.7 Å². The van der Waals surface area contributed by atoms with Gasteiger partial charge in [0.2, 0.25) is 5.95 Å². The average Bonchev–Trinajstić information content (AvgIpc) is 2.84. The first-order chi connectivity index (χ1) is 16.9. The predicted octanol–water partition coefficient (Wildman–Crippen LogP) is 3.76. The Labute approximate surface area is 200 Å². The molecule has 13 heteroatoms. The van der Waals surface area contributed by atoms with E-state index in [0.29, 0.717) is 36.6 Å². The molecule has 2 aromatic heterocycles. The third-order valence-electron chi connectivity index (χ3n) is 5.67. The molecule has 0 bridgehead atoms. The second kappa shape index (κ2) is 9.63. The molecular weight excluding hydrogens is 492 g/mol. The summed E-state index contributed by atoms with van der Waals surface area (Å²) in [5, 5.41) is 0. The van der Waals surface area contributed by atoms with Crippen LogP contribution in [-0.4, -0.2) is 51.9 Å². The number of anilines is 1. The molecule has 4 rings (SSSR count). The van der Waals surface area contributed by atoms with Gasteiger partial charge in [-0.1, -0.05) is 12.1 Å². The van der Waals surface area contributed by atoms with Gasteiger partial charge < -0.3 is 14.8 Å². The summed E-state index contributed by atoms with van der Waals surface area (Å²) in [6.07, 6.45) is -6.61. The molecule has 1 aliphatic rings. The van der Waals surface area contributed by atoms with Gasteiger partial charge >= 0.3 is 12.4 Å². The highest BCUT2D eigenvalue weighted by molar-refractivity contribution is 5.94. The number of aromatic nitrogens is 3. The first-order valence-electron chi connectivity index (χ1n) is 10.7. The Morgan fingerprint density at radius 3 is 2.19 bits per heavy atom. The van der Waals surface area contributed by atoms with Crippen molar-refractivity contribution >= 4 is 11.9 Å². The highest BCUT2D eigenvalue weighted by atomic mass is 19.4. The van der Waals surface area contributed by atoms with Gasteiger partial charge in [0, 0.05) is 50.3 Å². The van der Waals surface area contributed by atoms with Gasteiger partial charge in [0.1, 0.15) is 5.56 Å². The number of amides is 1. The minimum Gasteiger partial charge on any atom is -0.337 e. The van der Waals surface area contributed by atoms with Crippen LogP contribution in [0.5, 0.6) is 0 Å². The summed E-state index contributed by atoms with van der Waals surface area (Å²) in [6, 6.07) is 7.23. The second-order valence-electron chi connectivity index (χ2n) is 8.17. The average molecular weight is 511 g/mol. The largest absolute Gasteiger partial charge is 0.421 e. The number of hydrogen-bond acceptors (Lipinski definition) is 5. The lowest BCUT2D eigenvalue weighted by atomic mass is 10.0. The van der Waals surface area contributed by atoms with Crippen LogP contribution >= 0.6 is 0 Å². The minimum absolute atomic E-state index is 0.0695. The van der Waals surface area contributed by atoms with E-state index in [2.05, 4.69) is 15.0 Å². The lowest BCUT2D eigenvalue weighted by molar-refractivity contribution is -0.139. The maximum Gasteiger partial charge on any atom is 0.421 e. The minimum atomic E-state index is -4.78. The number of H-pyrrole nitrogens is 1. The monoisotopic (exact) mass is 511 g/mol. The number of piperazine rings is 1. The summed E-state index contributed by atoms with van der Waals surface area (Å²) in [5.41, 5.74) is -2.31. The van der Waals surface area contributed by atoms with Gasteiger partial charge in [0.05, 0.1) is 5.56 Å². The maximum absolute atomic E-state index is 13.0. The van der Waals surface area contributed by atoms with Crippen molar-refractivity contribution in [2.45, 2.75) is 18.8 Å². The smallest absolute Gasteiger partial charge is 0.337 e. The fourth-order valence-corrected chi connectivity index (χ4v) is 3.81. The molecule has 0 aliphatic carbocycles. The van der Waals surface area contributed by atoms with E-state index in [0.717, 1.165) is 6.07 Å². The van der Waals surface area contributed by atoms with E-state index in [4.69, 9.17) is 0 Å². The molecule has 3 aromatic rings. The van der Waals surface area contributed by atoms with Crippen LogP contribution in [-0.2, 0) is 18.8 Å². The quantitative estimate of drug-likeness (QED) is 0.540. The number of nitrogens with zero attached hydrogens (tertiary/aromatic N) is 4. The van der Waals surface area contributed by atoms with Crippen molar-refractivity contribution in [2.24, 2.45) is 0 Å². The number of carbonyl (C=O) groups is 1. The normalized spacial score (nSPS) is 14.7. The van der Waals surface area contributed by atoms with Crippen LogP contribution in [0.2, 0.25) is 0 Å². The lowest BCUT2D eigenvalue weighted by Gasteiger charge is -2.34. The molecule has 36 heavy (non-hydrogen) atoms. The number of pyridine rings is 1. The molecule has 190 valence electrons. The molecule has 1 aliphatic heterocycles. The van der Waals surface area contributed by atoms with Gasteiger partial charge in [0.25, 0.3) is 11.5 Å². The molecule has 1 fully saturated rings. The molecule has 1 saturated heterocycles. The van der Waals surface area contributed by atoms with E-state index in [9.17, 15) is 35.9 Å². The Kier molecular flexibility index (Phi) is 6.74. The van der Waals surface area contributed by atoms with E-state index in [1.165, 1.54) is 6.20 Å². The lowest BCUT2D eigenvalue weighted by Crippen LogP contribution is -2.49. The van der Waals surface area contributed by atoms with Crippen LogP contribution in [0.3, 0.4) is 0 Å². The summed E-state index contributed by atoms with van der Waals surface area (Å²) < 4.78 is 77.1. The standard InChI is InChI=1S/C23H19F6N5O2/c24-22(25,26)17-12-31-21(32-13-17)34-6-4-33(5-7-34)20(36)16-3-1-2-14(9-16)8-15-10-18(23(27,28)29)19(35)30-11-15/h1-3,9-13H,4-8H2,(H,30,35). The third-order valence-corrected chi connectivity index (χ3v) is 5.67. The van der Waals surface area contributed by atoms with Gasteiger partial charge in [0.15, 0.2) is 0 Å². The summed E-state index contributed by atoms with van der Waals surface area (Å²) >= 11 is 0. The number of aromatic amines is 1. The fraction of sp³-hybridized carbons (Fsp3) is 0.304. The Morgan fingerprint density at radius 2 is 1.58 bits per heavy atom. The highest BCUT2D eigenvalue weighted by Crippen LogP contribution is 2.29. The Hall–Kier alpha value is -3.90. The molecule has 1 amide bonds. The first-order valence-corrected chi connectivity index (χ1v) is 10.7. The number of nitrogens with one attached hydrogen (secondary N) is 1. The molecule has 0 unspecified atom stereocenters. The van der Waals surface area contributed by atoms with Gasteiger partial charge in [-0.15, -0.1) is 0 Å². The van der Waals surface area contributed by atoms with Crippen molar-refractivity contribution in [1.82, 2.24) is 19.9 Å². The van der Waals surface area contributed by atoms with Gasteiger partial charge in [-0.05, 0) is 35.7 Å². The van der Waals surface area contributed by atoms with Crippen molar-refractivity contribution in [2.75, 3.05) is 31.1 Å². The Morgan fingerprint density at radius 1 is 0.917 bits per heavy atom. The molecular formula is C23H19F6N5O2. The molecule has 0 atom stereocenters. The molecule has 3 heterocycles. The molecule has 1 N–H and O–H groups in total. The number of carbonyl (C=O) groups excluding carboxylic acids is 1. The van der Waals surface area contributed by atoms with Crippen LogP contribution < -0.4 is 10.5 Å². The van der Waals surface area contributed by atoms with Crippen molar-refractivity contribution in [3.05, 3.63) is 87.1 Å². The highest BCUT2D eigenvalue weighted by Gasteiger charge is 2.34. The zero-order chi connectivity index (χ0) is 26.1. The van der Waals surface area contributed by atoms with Gasteiger partial charge in [-0.2, -0.15) is 26.3 Å². The van der Waals surface area contributed by atoms with E-state index in [-0.39, 0.29) is 36.9 Å². The van der Waals surface area contributed by atoms with E-state index in [1.807, 2.05) is 0 Å². The van der Waals surface area contributed by atoms with E-state index >= 15 is 0 Å². The van der Waals surface area contributed by atoms with Crippen molar-refractivity contribution < 1.29 is 31.1 Å². The Bertz CT molecular complexity index is 1300. The SMILES string of the molecule is O=C(c1cccc(Cc2c[nH]c(=O)c(C(F)(F)F)c2)c1)N1CCN(c2ncc(C(F)(F)F)cn2)CC1. The summed E-state index contributed by atoms with van der Waals surface area (Å²) in [4.78, 5) is 37.3. The fourth-order valence-electron chi connectivity index (χ4n) is 3.81. The van der Waals surface area contributed by atoms with E-state index < -0.39 is 29.0 Å². The molecule has 1 aromatic carbocycles. The molecule has 0 saturated carbocycles. The van der Waals surface area contributed by atoms with Crippen LogP contribution in [0.25, 0.3) is 0 Å². The van der Waals surface area contributed by atoms with Crippen LogP contribution in [0, 0.1) is 0 Å². The summed E-state index contributed by atoms with van der Waals surface area (Å²) in [7, 11) is 0. The van der Waals surface area contributed by atoms with Gasteiger partial charge in [-0.3, -0.25) is 9.59 Å². The number of benzene rings is 1. The van der Waals surface area contributed by atoms with Crippen molar-refractivity contribution in [3.8, 4) is 0 Å². The van der Waals surface area contributed by atoms with E-state index in [1.54, 1.807) is 34.1 Å². The predicted molar refractivity (Wildman–Crippen MR) is 116 cm³/mol. The number of rotatable bonds is 4.